The van der Waals surface area contributed by atoms with Gasteiger partial charge in [-0.15, -0.1) is 0 Å². The SMILES string of the molecule is CN(C[C@H]1COc2ccccc2O1)C(=O)c1nn(-c2ccccc2)c(=O)c2ccccc12. The smallest absolute Gasteiger partial charge is 0.279 e. The Bertz CT molecular complexity index is 1350. The molecule has 3 aromatic carbocycles. The minimum atomic E-state index is -0.315. The Kier molecular flexibility index (Phi) is 5.07. The number of aromatic nitrogens is 2. The third-order valence-corrected chi connectivity index (χ3v) is 5.40. The van der Waals surface area contributed by atoms with Crippen molar-refractivity contribution in [3.8, 4) is 17.2 Å². The number of para-hydroxylation sites is 3. The molecule has 5 rings (SSSR count). The van der Waals surface area contributed by atoms with Crippen LogP contribution in [-0.4, -0.2) is 46.9 Å². The Morgan fingerprint density at radius 2 is 1.62 bits per heavy atom. The molecule has 1 aliphatic rings. The molecule has 1 aliphatic heterocycles. The van der Waals surface area contributed by atoms with Crippen LogP contribution in [0.3, 0.4) is 0 Å². The molecule has 1 amide bonds. The molecule has 7 heteroatoms. The molecule has 0 saturated heterocycles. The van der Waals surface area contributed by atoms with Gasteiger partial charge in [-0.25, -0.2) is 0 Å². The highest BCUT2D eigenvalue weighted by atomic mass is 16.6. The quantitative estimate of drug-likeness (QED) is 0.500. The summed E-state index contributed by atoms with van der Waals surface area (Å²) in [5, 5.41) is 5.42. The molecule has 2 heterocycles. The van der Waals surface area contributed by atoms with Crippen LogP contribution in [0.25, 0.3) is 16.5 Å². The Morgan fingerprint density at radius 1 is 0.969 bits per heavy atom. The number of likely N-dealkylation sites (N-methyl/N-ethyl adjacent to an activating group) is 1. The second kappa shape index (κ2) is 8.19. The topological polar surface area (TPSA) is 73.7 Å². The lowest BCUT2D eigenvalue weighted by Crippen LogP contribution is -2.42. The van der Waals surface area contributed by atoms with Gasteiger partial charge >= 0.3 is 0 Å². The van der Waals surface area contributed by atoms with Gasteiger partial charge in [-0.1, -0.05) is 48.5 Å². The van der Waals surface area contributed by atoms with Gasteiger partial charge in [0.15, 0.2) is 23.3 Å². The van der Waals surface area contributed by atoms with Gasteiger partial charge in [-0.2, -0.15) is 9.78 Å². The van der Waals surface area contributed by atoms with Gasteiger partial charge in [0.1, 0.15) is 6.61 Å². The molecule has 32 heavy (non-hydrogen) atoms. The van der Waals surface area contributed by atoms with E-state index in [0.717, 1.165) is 0 Å². The van der Waals surface area contributed by atoms with Gasteiger partial charge in [-0.05, 0) is 30.3 Å². The number of nitrogens with zero attached hydrogens (tertiary/aromatic N) is 3. The van der Waals surface area contributed by atoms with Gasteiger partial charge in [0.2, 0.25) is 0 Å². The second-order valence-electron chi connectivity index (χ2n) is 7.63. The largest absolute Gasteiger partial charge is 0.486 e. The van der Waals surface area contributed by atoms with Crippen LogP contribution in [0.2, 0.25) is 0 Å². The number of hydrogen-bond acceptors (Lipinski definition) is 5. The van der Waals surface area contributed by atoms with Crippen LogP contribution in [0, 0.1) is 0 Å². The first-order chi connectivity index (χ1) is 15.6. The van der Waals surface area contributed by atoms with Gasteiger partial charge in [0.25, 0.3) is 11.5 Å². The molecular weight excluding hydrogens is 406 g/mol. The zero-order valence-corrected chi connectivity index (χ0v) is 17.5. The van der Waals surface area contributed by atoms with E-state index in [-0.39, 0.29) is 23.3 Å². The van der Waals surface area contributed by atoms with Gasteiger partial charge in [0, 0.05) is 12.4 Å². The summed E-state index contributed by atoms with van der Waals surface area (Å²) in [5.74, 6) is 1.06. The van der Waals surface area contributed by atoms with Gasteiger partial charge < -0.3 is 14.4 Å². The minimum absolute atomic E-state index is 0.212. The lowest BCUT2D eigenvalue weighted by molar-refractivity contribution is 0.0517. The molecule has 0 fully saturated rings. The van der Waals surface area contributed by atoms with Crippen molar-refractivity contribution in [3.63, 3.8) is 0 Å². The summed E-state index contributed by atoms with van der Waals surface area (Å²) in [7, 11) is 1.70. The lowest BCUT2D eigenvalue weighted by Gasteiger charge is -2.29. The number of fused-ring (bicyclic) bond motifs is 2. The average molecular weight is 427 g/mol. The Balaban J connectivity index is 1.48. The van der Waals surface area contributed by atoms with E-state index < -0.39 is 0 Å². The fourth-order valence-corrected chi connectivity index (χ4v) is 3.81. The number of hydrogen-bond donors (Lipinski definition) is 0. The van der Waals surface area contributed by atoms with E-state index in [4.69, 9.17) is 9.47 Å². The Morgan fingerprint density at radius 3 is 2.41 bits per heavy atom. The minimum Gasteiger partial charge on any atom is -0.486 e. The highest BCUT2D eigenvalue weighted by Gasteiger charge is 2.26. The van der Waals surface area contributed by atoms with Crippen LogP contribution < -0.4 is 15.0 Å². The highest BCUT2D eigenvalue weighted by Crippen LogP contribution is 2.31. The van der Waals surface area contributed by atoms with E-state index in [2.05, 4.69) is 5.10 Å². The Labute approximate surface area is 184 Å². The number of carbonyl (C=O) groups is 1. The molecule has 0 unspecified atom stereocenters. The van der Waals surface area contributed by atoms with Crippen molar-refractivity contribution < 1.29 is 14.3 Å². The lowest BCUT2D eigenvalue weighted by atomic mass is 10.1. The maximum atomic E-state index is 13.4. The zero-order chi connectivity index (χ0) is 22.1. The molecule has 0 aliphatic carbocycles. The number of carbonyl (C=O) groups excluding carboxylic acids is 1. The summed E-state index contributed by atoms with van der Waals surface area (Å²) >= 11 is 0. The number of rotatable bonds is 4. The highest BCUT2D eigenvalue weighted by molar-refractivity contribution is 6.04. The van der Waals surface area contributed by atoms with Crippen molar-refractivity contribution in [1.29, 1.82) is 0 Å². The molecule has 0 N–H and O–H groups in total. The van der Waals surface area contributed by atoms with Crippen LogP contribution >= 0.6 is 0 Å². The van der Waals surface area contributed by atoms with Crippen molar-refractivity contribution in [2.75, 3.05) is 20.2 Å². The molecule has 0 spiro atoms. The predicted octanol–water partition coefficient (Wildman–Crippen LogP) is 3.30. The van der Waals surface area contributed by atoms with Crippen LogP contribution in [0.5, 0.6) is 11.5 Å². The Hall–Kier alpha value is -4.13. The molecule has 1 aromatic heterocycles. The summed E-state index contributed by atoms with van der Waals surface area (Å²) in [6, 6.07) is 23.6. The van der Waals surface area contributed by atoms with Gasteiger partial charge in [-0.3, -0.25) is 9.59 Å². The molecule has 1 atom stereocenters. The van der Waals surface area contributed by atoms with E-state index >= 15 is 0 Å². The molecule has 160 valence electrons. The fraction of sp³-hybridized carbons (Fsp3) is 0.160. The maximum Gasteiger partial charge on any atom is 0.279 e. The molecule has 0 bridgehead atoms. The van der Waals surface area contributed by atoms with Crippen molar-refractivity contribution in [2.45, 2.75) is 6.10 Å². The van der Waals surface area contributed by atoms with Crippen molar-refractivity contribution >= 4 is 16.7 Å². The van der Waals surface area contributed by atoms with Gasteiger partial charge in [0.05, 0.1) is 17.6 Å². The van der Waals surface area contributed by atoms with Crippen LogP contribution in [0.15, 0.2) is 83.7 Å². The second-order valence-corrected chi connectivity index (χ2v) is 7.63. The summed E-state index contributed by atoms with van der Waals surface area (Å²) in [5.41, 5.74) is 0.538. The third kappa shape index (κ3) is 3.58. The van der Waals surface area contributed by atoms with E-state index in [1.807, 2.05) is 42.5 Å². The third-order valence-electron chi connectivity index (χ3n) is 5.40. The molecular formula is C25H21N3O4. The maximum absolute atomic E-state index is 13.4. The van der Waals surface area contributed by atoms with Crippen molar-refractivity contribution in [3.05, 3.63) is 94.9 Å². The normalized spacial score (nSPS) is 14.8. The van der Waals surface area contributed by atoms with Crippen LogP contribution in [-0.2, 0) is 0 Å². The summed E-state index contributed by atoms with van der Waals surface area (Å²) in [6.45, 7) is 0.653. The number of amides is 1. The standard InChI is InChI=1S/C25H21N3O4/c1-27(15-18-16-31-21-13-7-8-14-22(21)32-18)25(30)23-19-11-5-6-12-20(19)24(29)28(26-23)17-9-3-2-4-10-17/h2-14,18H,15-16H2,1H3/t18-/m0/s1. The molecule has 4 aromatic rings. The van der Waals surface area contributed by atoms with E-state index in [0.29, 0.717) is 41.1 Å². The predicted molar refractivity (Wildman–Crippen MR) is 121 cm³/mol. The number of ether oxygens (including phenoxy) is 2. The fourth-order valence-electron chi connectivity index (χ4n) is 3.81. The average Bonchev–Trinajstić information content (AvgIpc) is 2.84. The first-order valence-electron chi connectivity index (χ1n) is 10.3. The summed E-state index contributed by atoms with van der Waals surface area (Å²) in [6.07, 6.45) is -0.315. The molecule has 0 radical (unpaired) electrons. The van der Waals surface area contributed by atoms with Crippen molar-refractivity contribution in [2.24, 2.45) is 0 Å². The molecule has 0 saturated carbocycles. The first-order valence-corrected chi connectivity index (χ1v) is 10.3. The zero-order valence-electron chi connectivity index (χ0n) is 17.5. The van der Waals surface area contributed by atoms with Crippen LogP contribution in [0.4, 0.5) is 0 Å². The monoisotopic (exact) mass is 427 g/mol. The van der Waals surface area contributed by atoms with Crippen LogP contribution in [0.1, 0.15) is 10.5 Å². The van der Waals surface area contributed by atoms with E-state index in [1.54, 1.807) is 48.3 Å². The summed E-state index contributed by atoms with van der Waals surface area (Å²) < 4.78 is 13.0. The van der Waals surface area contributed by atoms with E-state index in [1.165, 1.54) is 4.68 Å². The number of benzene rings is 3. The summed E-state index contributed by atoms with van der Waals surface area (Å²) in [4.78, 5) is 28.0. The first kappa shape index (κ1) is 19.8. The molecule has 7 nitrogen and oxygen atoms in total. The van der Waals surface area contributed by atoms with E-state index in [9.17, 15) is 9.59 Å². The van der Waals surface area contributed by atoms with Crippen molar-refractivity contribution in [1.82, 2.24) is 14.7 Å².